The average molecular weight is 595 g/mol. The minimum absolute atomic E-state index is 0.0378. The van der Waals surface area contributed by atoms with Crippen LogP contribution < -0.4 is 0 Å². The Kier molecular flexibility index (Phi) is 9.43. The highest BCUT2D eigenvalue weighted by Crippen LogP contribution is 2.37. The predicted molar refractivity (Wildman–Crippen MR) is 157 cm³/mol. The van der Waals surface area contributed by atoms with Crippen molar-refractivity contribution >= 4 is 21.8 Å². The number of carbonyl (C=O) groups is 2. The predicted octanol–water partition coefficient (Wildman–Crippen LogP) is 5.17. The van der Waals surface area contributed by atoms with Crippen LogP contribution in [-0.4, -0.2) is 62.0 Å². The van der Waals surface area contributed by atoms with E-state index in [1.165, 1.54) is 6.20 Å². The number of nitrogens with zero attached hydrogens (tertiary/aromatic N) is 1. The lowest BCUT2D eigenvalue weighted by molar-refractivity contribution is -0.156. The highest BCUT2D eigenvalue weighted by Gasteiger charge is 2.37. The number of benzene rings is 1. The van der Waals surface area contributed by atoms with Crippen LogP contribution in [0.3, 0.4) is 0 Å². The average Bonchev–Trinajstić information content (AvgIpc) is 3.76. The second-order valence-corrected chi connectivity index (χ2v) is 13.1. The molecular weight excluding hydrogens is 556 g/mol. The number of rotatable bonds is 12. The van der Waals surface area contributed by atoms with E-state index >= 15 is 0 Å². The molecule has 2 fully saturated rings. The van der Waals surface area contributed by atoms with E-state index in [9.17, 15) is 18.0 Å². The first-order valence-electron chi connectivity index (χ1n) is 14.7. The summed E-state index contributed by atoms with van der Waals surface area (Å²) in [6.07, 6.45) is 5.87. The lowest BCUT2D eigenvalue weighted by atomic mass is 9.83. The molecule has 0 radical (unpaired) electrons. The number of aromatic nitrogens is 2. The highest BCUT2D eigenvalue weighted by molar-refractivity contribution is 7.92. The quantitative estimate of drug-likeness (QED) is 0.225. The van der Waals surface area contributed by atoms with Crippen molar-refractivity contribution in [2.24, 2.45) is 5.92 Å². The maximum atomic E-state index is 12.8. The number of aromatic amines is 1. The summed E-state index contributed by atoms with van der Waals surface area (Å²) in [7, 11) is -3.25. The Bertz CT molecular complexity index is 1450. The molecule has 1 aliphatic heterocycles. The molecule has 9 nitrogen and oxygen atoms in total. The number of esters is 2. The van der Waals surface area contributed by atoms with Crippen LogP contribution in [0.5, 0.6) is 0 Å². The Morgan fingerprint density at radius 2 is 1.55 bits per heavy atom. The normalized spacial score (nSPS) is 16.7. The largest absolute Gasteiger partial charge is 0.465 e. The first-order valence-corrected chi connectivity index (χ1v) is 16.3. The minimum Gasteiger partial charge on any atom is -0.465 e. The van der Waals surface area contributed by atoms with Gasteiger partial charge in [-0.3, -0.25) is 14.6 Å². The SMILES string of the molecule is CCOC(=O)C(C(=O)OCC)c1ccc(-c2ccc(C(CC3CCOCC3)c3ccc(S(=O)(=O)C4CC4)cc3)[nH]2)nc1. The molecule has 1 saturated carbocycles. The maximum Gasteiger partial charge on any atom is 0.324 e. The number of ether oxygens (including phenoxy) is 3. The zero-order chi connectivity index (χ0) is 29.7. The van der Waals surface area contributed by atoms with Gasteiger partial charge in [0.05, 0.1) is 34.7 Å². The van der Waals surface area contributed by atoms with Gasteiger partial charge in [-0.2, -0.15) is 0 Å². The number of hydrogen-bond acceptors (Lipinski definition) is 8. The molecule has 42 heavy (non-hydrogen) atoms. The van der Waals surface area contributed by atoms with Crippen molar-refractivity contribution < 1.29 is 32.2 Å². The summed E-state index contributed by atoms with van der Waals surface area (Å²) in [6.45, 7) is 5.18. The third-order valence-electron chi connectivity index (χ3n) is 8.01. The van der Waals surface area contributed by atoms with Gasteiger partial charge in [-0.15, -0.1) is 0 Å². The molecule has 0 bridgehead atoms. The van der Waals surface area contributed by atoms with E-state index < -0.39 is 27.7 Å². The summed E-state index contributed by atoms with van der Waals surface area (Å²) in [5.74, 6) is -2.00. The molecule has 2 aliphatic rings. The van der Waals surface area contributed by atoms with E-state index in [1.807, 2.05) is 24.3 Å². The highest BCUT2D eigenvalue weighted by atomic mass is 32.2. The summed E-state index contributed by atoms with van der Waals surface area (Å²) in [5.41, 5.74) is 3.93. The summed E-state index contributed by atoms with van der Waals surface area (Å²) in [5, 5.41) is -0.240. The molecule has 1 aromatic carbocycles. The van der Waals surface area contributed by atoms with Crippen LogP contribution in [0.1, 0.15) is 74.6 Å². The van der Waals surface area contributed by atoms with E-state index in [4.69, 9.17) is 14.2 Å². The summed E-state index contributed by atoms with van der Waals surface area (Å²) >= 11 is 0. The van der Waals surface area contributed by atoms with Gasteiger partial charge in [0.25, 0.3) is 0 Å². The standard InChI is InChI=1S/C32H38N2O7S/c1-3-40-31(35)30(32(36)41-4-2)23-7-12-28(33-20-23)29-14-13-27(34-29)26(19-21-15-17-39-18-16-21)22-5-8-24(9-6-22)42(37,38)25-10-11-25/h5-9,12-14,20-21,25-26,30,34H,3-4,10-11,15-19H2,1-2H3. The van der Waals surface area contributed by atoms with Gasteiger partial charge >= 0.3 is 11.9 Å². The van der Waals surface area contributed by atoms with Crippen molar-refractivity contribution in [1.29, 1.82) is 0 Å². The molecule has 0 amide bonds. The molecule has 0 spiro atoms. The lowest BCUT2D eigenvalue weighted by Crippen LogP contribution is -2.26. The molecule has 3 aromatic rings. The molecule has 1 atom stereocenters. The maximum absolute atomic E-state index is 12.8. The van der Waals surface area contributed by atoms with Gasteiger partial charge < -0.3 is 19.2 Å². The Morgan fingerprint density at radius 3 is 2.12 bits per heavy atom. The topological polar surface area (TPSA) is 125 Å². The zero-order valence-electron chi connectivity index (χ0n) is 24.1. The summed E-state index contributed by atoms with van der Waals surface area (Å²) in [6, 6.07) is 14.8. The van der Waals surface area contributed by atoms with Crippen LogP contribution in [0.4, 0.5) is 0 Å². The van der Waals surface area contributed by atoms with E-state index in [2.05, 4.69) is 9.97 Å². The monoisotopic (exact) mass is 594 g/mol. The van der Waals surface area contributed by atoms with Crippen LogP contribution in [0.25, 0.3) is 11.4 Å². The molecule has 224 valence electrons. The fourth-order valence-electron chi connectivity index (χ4n) is 5.54. The van der Waals surface area contributed by atoms with Crippen LogP contribution in [0.15, 0.2) is 59.6 Å². The van der Waals surface area contributed by atoms with E-state index in [1.54, 1.807) is 38.1 Å². The zero-order valence-corrected chi connectivity index (χ0v) is 24.9. The number of carbonyl (C=O) groups excluding carboxylic acids is 2. The molecule has 1 aliphatic carbocycles. The third-order valence-corrected chi connectivity index (χ3v) is 10.3. The second kappa shape index (κ2) is 13.2. The van der Waals surface area contributed by atoms with Crippen LogP contribution in [0, 0.1) is 5.92 Å². The molecule has 5 rings (SSSR count). The van der Waals surface area contributed by atoms with Gasteiger partial charge in [0.2, 0.25) is 0 Å². The first-order chi connectivity index (χ1) is 20.3. The van der Waals surface area contributed by atoms with E-state index in [0.29, 0.717) is 22.1 Å². The van der Waals surface area contributed by atoms with Crippen LogP contribution in [-0.2, 0) is 33.6 Å². The molecule has 3 heterocycles. The van der Waals surface area contributed by atoms with Crippen LogP contribution >= 0.6 is 0 Å². The van der Waals surface area contributed by atoms with Gasteiger partial charge in [-0.25, -0.2) is 8.42 Å². The molecule has 10 heteroatoms. The van der Waals surface area contributed by atoms with Crippen molar-refractivity contribution in [3.8, 4) is 11.4 Å². The Labute approximate surface area is 246 Å². The lowest BCUT2D eigenvalue weighted by Gasteiger charge is -2.27. The van der Waals surface area contributed by atoms with E-state index in [-0.39, 0.29) is 24.4 Å². The Hall–Kier alpha value is -3.50. The van der Waals surface area contributed by atoms with Crippen molar-refractivity contribution in [1.82, 2.24) is 9.97 Å². The van der Waals surface area contributed by atoms with Gasteiger partial charge in [0.15, 0.2) is 15.8 Å². The smallest absolute Gasteiger partial charge is 0.324 e. The molecule has 1 unspecified atom stereocenters. The number of nitrogens with one attached hydrogen (secondary N) is 1. The molecule has 1 N–H and O–H groups in total. The molecule has 2 aromatic heterocycles. The Morgan fingerprint density at radius 1 is 0.905 bits per heavy atom. The van der Waals surface area contributed by atoms with Crippen LogP contribution in [0.2, 0.25) is 0 Å². The van der Waals surface area contributed by atoms with Crippen molar-refractivity contribution in [3.05, 3.63) is 71.5 Å². The summed E-state index contributed by atoms with van der Waals surface area (Å²) in [4.78, 5) is 33.5. The number of sulfone groups is 1. The number of pyridine rings is 1. The van der Waals surface area contributed by atoms with Gasteiger partial charge in [0.1, 0.15) is 0 Å². The van der Waals surface area contributed by atoms with Crippen molar-refractivity contribution in [2.75, 3.05) is 26.4 Å². The minimum atomic E-state index is -3.25. The second-order valence-electron chi connectivity index (χ2n) is 10.9. The molecule has 1 saturated heterocycles. The van der Waals surface area contributed by atoms with E-state index in [0.717, 1.165) is 62.3 Å². The number of H-pyrrole nitrogens is 1. The molecular formula is C32H38N2O7S. The fourth-order valence-corrected chi connectivity index (χ4v) is 7.20. The van der Waals surface area contributed by atoms with Gasteiger partial charge in [-0.05, 0) is 93.3 Å². The first kappa shape index (κ1) is 30.0. The van der Waals surface area contributed by atoms with Gasteiger partial charge in [0, 0.05) is 31.0 Å². The van der Waals surface area contributed by atoms with Crippen molar-refractivity contribution in [3.63, 3.8) is 0 Å². The third kappa shape index (κ3) is 6.76. The van der Waals surface area contributed by atoms with Crippen molar-refractivity contribution in [2.45, 2.75) is 67.9 Å². The number of hydrogen-bond donors (Lipinski definition) is 1. The Balaban J connectivity index is 1.40. The fraction of sp³-hybridized carbons (Fsp3) is 0.469. The van der Waals surface area contributed by atoms with Gasteiger partial charge in [-0.1, -0.05) is 18.2 Å². The summed E-state index contributed by atoms with van der Waals surface area (Å²) < 4.78 is 41.3.